The molecule has 0 atom stereocenters. The molecule has 0 amide bonds. The van der Waals surface area contributed by atoms with E-state index in [1.165, 1.54) is 19.3 Å². The van der Waals surface area contributed by atoms with Crippen molar-refractivity contribution in [3.8, 4) is 5.69 Å². The molecule has 1 fully saturated rings. The first-order chi connectivity index (χ1) is 12.5. The van der Waals surface area contributed by atoms with Gasteiger partial charge in [-0.15, -0.1) is 0 Å². The number of halogens is 2. The first-order valence-electron chi connectivity index (χ1n) is 8.65. The molecule has 0 unspecified atom stereocenters. The first kappa shape index (κ1) is 19.1. The van der Waals surface area contributed by atoms with E-state index < -0.39 is 0 Å². The Bertz CT molecular complexity index is 812. The van der Waals surface area contributed by atoms with Crippen LogP contribution in [0.2, 0.25) is 10.2 Å². The normalized spacial score (nSPS) is 15.3. The third kappa shape index (κ3) is 4.75. The van der Waals surface area contributed by atoms with Gasteiger partial charge in [0.05, 0.1) is 23.2 Å². The maximum Gasteiger partial charge on any atom is 0.187 e. The summed E-state index contributed by atoms with van der Waals surface area (Å²) in [5, 5.41) is 13.6. The van der Waals surface area contributed by atoms with Gasteiger partial charge in [0.15, 0.2) is 5.11 Å². The summed E-state index contributed by atoms with van der Waals surface area (Å²) >= 11 is 17.8. The molecule has 1 aliphatic carbocycles. The second kappa shape index (κ2) is 8.84. The van der Waals surface area contributed by atoms with E-state index in [9.17, 15) is 0 Å². The van der Waals surface area contributed by atoms with Crippen LogP contribution < -0.4 is 10.7 Å². The molecular weight excluding hydrogens is 389 g/mol. The van der Waals surface area contributed by atoms with Gasteiger partial charge in [0.25, 0.3) is 0 Å². The van der Waals surface area contributed by atoms with Crippen molar-refractivity contribution in [1.82, 2.24) is 20.5 Å². The molecule has 1 saturated carbocycles. The van der Waals surface area contributed by atoms with Crippen LogP contribution in [-0.4, -0.2) is 27.1 Å². The van der Waals surface area contributed by atoms with E-state index in [1.807, 2.05) is 31.2 Å². The van der Waals surface area contributed by atoms with Crippen molar-refractivity contribution in [1.29, 1.82) is 0 Å². The minimum absolute atomic E-state index is 0.440. The lowest BCUT2D eigenvalue weighted by atomic mass is 9.96. The fourth-order valence-electron chi connectivity index (χ4n) is 3.06. The molecule has 3 rings (SSSR count). The molecular formula is C18H21Cl2N5S. The molecule has 26 heavy (non-hydrogen) atoms. The number of hydrogen-bond donors (Lipinski definition) is 2. The lowest BCUT2D eigenvalue weighted by molar-refractivity contribution is 0.412. The number of hydrogen-bond acceptors (Lipinski definition) is 3. The third-order valence-electron chi connectivity index (χ3n) is 4.40. The van der Waals surface area contributed by atoms with Crippen LogP contribution in [0.3, 0.4) is 0 Å². The zero-order valence-corrected chi connectivity index (χ0v) is 16.8. The summed E-state index contributed by atoms with van der Waals surface area (Å²) in [5.41, 5.74) is 5.17. The van der Waals surface area contributed by atoms with Crippen molar-refractivity contribution < 1.29 is 0 Å². The molecule has 0 saturated heterocycles. The van der Waals surface area contributed by atoms with Crippen molar-refractivity contribution in [3.63, 3.8) is 0 Å². The van der Waals surface area contributed by atoms with E-state index in [4.69, 9.17) is 35.4 Å². The molecule has 8 heteroatoms. The molecule has 1 aromatic carbocycles. The van der Waals surface area contributed by atoms with Crippen LogP contribution in [0.15, 0.2) is 29.4 Å². The van der Waals surface area contributed by atoms with E-state index in [0.717, 1.165) is 29.8 Å². The van der Waals surface area contributed by atoms with Crippen molar-refractivity contribution >= 4 is 46.7 Å². The van der Waals surface area contributed by atoms with Gasteiger partial charge in [0.1, 0.15) is 5.15 Å². The number of thiocarbonyl (C=S) groups is 1. The SMILES string of the molecule is Cc1nn(-c2cccc(Cl)c2)c(Cl)c1C=NNC(=S)NC1CCCCC1. The van der Waals surface area contributed by atoms with Crippen molar-refractivity contribution in [3.05, 3.63) is 45.7 Å². The second-order valence-corrected chi connectivity index (χ2v) is 7.56. The largest absolute Gasteiger partial charge is 0.359 e. The molecule has 1 heterocycles. The number of nitrogens with zero attached hydrogens (tertiary/aromatic N) is 3. The zero-order valence-electron chi connectivity index (χ0n) is 14.5. The van der Waals surface area contributed by atoms with Crippen LogP contribution in [0.5, 0.6) is 0 Å². The first-order valence-corrected chi connectivity index (χ1v) is 9.81. The van der Waals surface area contributed by atoms with Gasteiger partial charge in [0, 0.05) is 11.1 Å². The molecule has 1 aliphatic rings. The molecule has 138 valence electrons. The van der Waals surface area contributed by atoms with Gasteiger partial charge in [-0.3, -0.25) is 5.43 Å². The molecule has 0 aliphatic heterocycles. The van der Waals surface area contributed by atoms with Gasteiger partial charge in [-0.05, 0) is 50.2 Å². The van der Waals surface area contributed by atoms with E-state index in [0.29, 0.717) is 21.3 Å². The predicted octanol–water partition coefficient (Wildman–Crippen LogP) is 4.62. The van der Waals surface area contributed by atoms with Crippen LogP contribution in [-0.2, 0) is 0 Å². The monoisotopic (exact) mass is 409 g/mol. The predicted molar refractivity (Wildman–Crippen MR) is 112 cm³/mol. The van der Waals surface area contributed by atoms with Crippen molar-refractivity contribution in [2.75, 3.05) is 0 Å². The van der Waals surface area contributed by atoms with Crippen molar-refractivity contribution in [2.45, 2.75) is 45.1 Å². The summed E-state index contributed by atoms with van der Waals surface area (Å²) in [7, 11) is 0. The molecule has 0 bridgehead atoms. The van der Waals surface area contributed by atoms with Crippen LogP contribution in [0.1, 0.15) is 43.4 Å². The Kier molecular flexibility index (Phi) is 6.51. The number of benzene rings is 1. The fraction of sp³-hybridized carbons (Fsp3) is 0.389. The van der Waals surface area contributed by atoms with E-state index in [1.54, 1.807) is 10.9 Å². The van der Waals surface area contributed by atoms with Gasteiger partial charge in [0.2, 0.25) is 0 Å². The summed E-state index contributed by atoms with van der Waals surface area (Å²) in [6.45, 7) is 1.88. The van der Waals surface area contributed by atoms with E-state index >= 15 is 0 Å². The molecule has 2 aromatic rings. The average molecular weight is 410 g/mol. The number of hydrazone groups is 1. The standard InChI is InChI=1S/C18H21Cl2N5S/c1-12-16(11-21-23-18(26)22-14-7-3-2-4-8-14)17(20)25(24-12)15-9-5-6-13(19)10-15/h5-6,9-11,14H,2-4,7-8H2,1H3,(H2,22,23,26). The summed E-state index contributed by atoms with van der Waals surface area (Å²) in [6, 6.07) is 7.81. The Hall–Kier alpha value is -1.63. The summed E-state index contributed by atoms with van der Waals surface area (Å²) in [5.74, 6) is 0. The third-order valence-corrected chi connectivity index (χ3v) is 5.21. The van der Waals surface area contributed by atoms with Gasteiger partial charge < -0.3 is 5.32 Å². The summed E-state index contributed by atoms with van der Waals surface area (Å²) in [4.78, 5) is 0. The van der Waals surface area contributed by atoms with Crippen LogP contribution in [0.4, 0.5) is 0 Å². The molecule has 2 N–H and O–H groups in total. The quantitative estimate of drug-likeness (QED) is 0.439. The average Bonchev–Trinajstić information content (AvgIpc) is 2.91. The van der Waals surface area contributed by atoms with Crippen LogP contribution in [0, 0.1) is 6.92 Å². The number of aryl methyl sites for hydroxylation is 1. The van der Waals surface area contributed by atoms with Gasteiger partial charge in [-0.2, -0.15) is 10.2 Å². The lowest BCUT2D eigenvalue weighted by Gasteiger charge is -2.23. The van der Waals surface area contributed by atoms with Crippen LogP contribution >= 0.6 is 35.4 Å². The number of rotatable bonds is 4. The molecule has 0 spiro atoms. The smallest absolute Gasteiger partial charge is 0.187 e. The van der Waals surface area contributed by atoms with Crippen molar-refractivity contribution in [2.24, 2.45) is 5.10 Å². The second-order valence-electron chi connectivity index (χ2n) is 6.36. The Morgan fingerprint density at radius 1 is 1.31 bits per heavy atom. The Morgan fingerprint density at radius 2 is 2.08 bits per heavy atom. The zero-order chi connectivity index (χ0) is 18.5. The highest BCUT2D eigenvalue weighted by Crippen LogP contribution is 2.23. The maximum atomic E-state index is 6.48. The maximum absolute atomic E-state index is 6.48. The highest BCUT2D eigenvalue weighted by molar-refractivity contribution is 7.80. The summed E-state index contributed by atoms with van der Waals surface area (Å²) < 4.78 is 1.64. The highest BCUT2D eigenvalue weighted by Gasteiger charge is 2.15. The topological polar surface area (TPSA) is 54.2 Å². The van der Waals surface area contributed by atoms with Gasteiger partial charge in [-0.25, -0.2) is 4.68 Å². The molecule has 0 radical (unpaired) electrons. The highest BCUT2D eigenvalue weighted by atomic mass is 35.5. The Morgan fingerprint density at radius 3 is 2.81 bits per heavy atom. The van der Waals surface area contributed by atoms with E-state index in [-0.39, 0.29) is 0 Å². The van der Waals surface area contributed by atoms with Gasteiger partial charge >= 0.3 is 0 Å². The van der Waals surface area contributed by atoms with E-state index in [2.05, 4.69) is 20.9 Å². The van der Waals surface area contributed by atoms with Gasteiger partial charge in [-0.1, -0.05) is 48.5 Å². The fourth-order valence-corrected chi connectivity index (χ4v) is 3.78. The van der Waals surface area contributed by atoms with Crippen LogP contribution in [0.25, 0.3) is 5.69 Å². The lowest BCUT2D eigenvalue weighted by Crippen LogP contribution is -2.40. The Balaban J connectivity index is 1.66. The number of nitrogens with one attached hydrogen (secondary N) is 2. The minimum Gasteiger partial charge on any atom is -0.359 e. The number of aromatic nitrogens is 2. The minimum atomic E-state index is 0.440. The molecule has 1 aromatic heterocycles. The Labute approximate surface area is 168 Å². The summed E-state index contributed by atoms with van der Waals surface area (Å²) in [6.07, 6.45) is 7.76. The molecule has 5 nitrogen and oxygen atoms in total.